The van der Waals surface area contributed by atoms with Gasteiger partial charge < -0.3 is 9.64 Å². The third-order valence-electron chi connectivity index (χ3n) is 8.11. The number of rotatable bonds is 4. The molecule has 2 unspecified atom stereocenters. The maximum Gasteiger partial charge on any atom is 0.410 e. The van der Waals surface area contributed by atoms with Gasteiger partial charge in [0.05, 0.1) is 0 Å². The first kappa shape index (κ1) is 22.9. The highest BCUT2D eigenvalue weighted by Gasteiger charge is 2.44. The minimum Gasteiger partial charge on any atom is -0.448 e. The van der Waals surface area contributed by atoms with E-state index in [-0.39, 0.29) is 48.1 Å². The van der Waals surface area contributed by atoms with Crippen LogP contribution in [0.5, 0.6) is 0 Å². The van der Waals surface area contributed by atoms with Crippen LogP contribution in [0.3, 0.4) is 0 Å². The number of benzene rings is 2. The number of hydrogen-bond acceptors (Lipinski definition) is 4. The van der Waals surface area contributed by atoms with E-state index >= 15 is 0 Å². The second-order valence-electron chi connectivity index (χ2n) is 10.3. The molecule has 1 aromatic heterocycles. The zero-order valence-corrected chi connectivity index (χ0v) is 20.3. The summed E-state index contributed by atoms with van der Waals surface area (Å²) >= 11 is 0. The summed E-state index contributed by atoms with van der Waals surface area (Å²) in [6.45, 7) is 2.04. The van der Waals surface area contributed by atoms with Crippen LogP contribution in [0, 0.1) is 18.7 Å². The van der Waals surface area contributed by atoms with Gasteiger partial charge in [-0.05, 0) is 73.4 Å². The molecule has 0 radical (unpaired) electrons. The molecule has 0 spiro atoms. The van der Waals surface area contributed by atoms with Gasteiger partial charge in [0, 0.05) is 29.6 Å². The van der Waals surface area contributed by atoms with Gasteiger partial charge in [0.2, 0.25) is 0 Å². The Bertz CT molecular complexity index is 1280. The van der Waals surface area contributed by atoms with Gasteiger partial charge in [0.1, 0.15) is 12.3 Å². The number of ketones is 1. The summed E-state index contributed by atoms with van der Waals surface area (Å²) in [5, 5.41) is 0. The fraction of sp³-hybridized carbons (Fsp3) is 0.367. The summed E-state index contributed by atoms with van der Waals surface area (Å²) in [5.74, 6) is -1.15. The molecule has 0 N–H and O–H groups in total. The number of carbonyl (C=O) groups is 2. The molecule has 6 rings (SSSR count). The quantitative estimate of drug-likeness (QED) is 0.408. The summed E-state index contributed by atoms with van der Waals surface area (Å²) in [6, 6.07) is 19.3. The van der Waals surface area contributed by atoms with Crippen LogP contribution in [0.2, 0.25) is 0 Å². The predicted octanol–water partition coefficient (Wildman–Crippen LogP) is 6.29. The average molecular weight is 485 g/mol. The lowest BCUT2D eigenvalue weighted by Gasteiger charge is -2.47. The van der Waals surface area contributed by atoms with Gasteiger partial charge in [-0.3, -0.25) is 4.79 Å². The number of halogens is 1. The van der Waals surface area contributed by atoms with Crippen molar-refractivity contribution in [1.29, 1.82) is 0 Å². The Morgan fingerprint density at radius 2 is 1.56 bits per heavy atom. The van der Waals surface area contributed by atoms with Crippen LogP contribution in [0.4, 0.5) is 9.18 Å². The van der Waals surface area contributed by atoms with Gasteiger partial charge in [-0.25, -0.2) is 14.2 Å². The minimum atomic E-state index is -0.574. The zero-order chi connectivity index (χ0) is 24.8. The van der Waals surface area contributed by atoms with Crippen molar-refractivity contribution in [2.45, 2.75) is 57.0 Å². The molecular weight excluding hydrogens is 455 g/mol. The van der Waals surface area contributed by atoms with Gasteiger partial charge in [-0.15, -0.1) is 0 Å². The molecule has 184 valence electrons. The van der Waals surface area contributed by atoms with Crippen LogP contribution in [-0.4, -0.2) is 40.5 Å². The van der Waals surface area contributed by atoms with Crippen molar-refractivity contribution in [3.63, 3.8) is 0 Å². The molecule has 36 heavy (non-hydrogen) atoms. The fourth-order valence-electron chi connectivity index (χ4n) is 6.47. The van der Waals surface area contributed by atoms with Crippen molar-refractivity contribution in [1.82, 2.24) is 9.88 Å². The second-order valence-corrected chi connectivity index (χ2v) is 10.3. The predicted molar refractivity (Wildman–Crippen MR) is 134 cm³/mol. The van der Waals surface area contributed by atoms with Crippen molar-refractivity contribution in [2.24, 2.45) is 5.92 Å². The number of fused-ring (bicyclic) bond motifs is 5. The molecule has 2 aromatic carbocycles. The number of hydrogen-bond donors (Lipinski definition) is 0. The van der Waals surface area contributed by atoms with Crippen LogP contribution in [0.1, 0.15) is 65.3 Å². The van der Waals surface area contributed by atoms with Crippen LogP contribution >= 0.6 is 0 Å². The SMILES string of the molecule is Cc1ccc(F)c(C(=O)C2CC3CCCC(C2)N3C(=O)OCC2c3ccccc3-c3ccccc32)n1. The molecule has 0 saturated carbocycles. The second kappa shape index (κ2) is 9.16. The first-order valence-corrected chi connectivity index (χ1v) is 12.8. The lowest BCUT2D eigenvalue weighted by molar-refractivity contribution is 0.00631. The first-order chi connectivity index (χ1) is 17.5. The van der Waals surface area contributed by atoms with Gasteiger partial charge in [-0.2, -0.15) is 0 Å². The van der Waals surface area contributed by atoms with E-state index in [0.29, 0.717) is 18.5 Å². The number of Topliss-reactive ketones (excluding diaryl/α,β-unsaturated/α-hetero) is 1. The number of carbonyl (C=O) groups excluding carboxylic acids is 2. The van der Waals surface area contributed by atoms with Crippen LogP contribution in [-0.2, 0) is 4.74 Å². The van der Waals surface area contributed by atoms with E-state index in [0.717, 1.165) is 19.3 Å². The van der Waals surface area contributed by atoms with E-state index in [4.69, 9.17) is 4.74 Å². The highest BCUT2D eigenvalue weighted by Crippen LogP contribution is 2.45. The zero-order valence-electron chi connectivity index (χ0n) is 20.3. The van der Waals surface area contributed by atoms with Gasteiger partial charge in [0.15, 0.2) is 11.6 Å². The molecule has 3 heterocycles. The topological polar surface area (TPSA) is 59.5 Å². The third kappa shape index (κ3) is 3.89. The minimum absolute atomic E-state index is 0.00989. The van der Waals surface area contributed by atoms with E-state index in [9.17, 15) is 14.0 Å². The molecule has 3 aliphatic rings. The van der Waals surface area contributed by atoms with Gasteiger partial charge in [0.25, 0.3) is 0 Å². The Hall–Kier alpha value is -3.54. The normalized spacial score (nSPS) is 22.6. The van der Waals surface area contributed by atoms with Gasteiger partial charge >= 0.3 is 6.09 Å². The van der Waals surface area contributed by atoms with Crippen molar-refractivity contribution in [3.05, 3.63) is 89.0 Å². The summed E-state index contributed by atoms with van der Waals surface area (Å²) in [5.41, 5.74) is 5.31. The van der Waals surface area contributed by atoms with Crippen molar-refractivity contribution < 1.29 is 18.7 Å². The van der Waals surface area contributed by atoms with E-state index < -0.39 is 5.82 Å². The molecule has 2 saturated heterocycles. The molecule has 1 amide bonds. The van der Waals surface area contributed by atoms with E-state index in [1.165, 1.54) is 28.3 Å². The molecule has 2 bridgehead atoms. The summed E-state index contributed by atoms with van der Waals surface area (Å²) < 4.78 is 20.3. The standard InChI is InChI=1S/C30H29FN2O3/c1-18-13-14-27(31)28(32-18)29(34)19-15-20-7-6-8-21(16-19)33(20)30(35)36-17-26-24-11-4-2-9-22(24)23-10-3-5-12-25(23)26/h2-5,9-14,19-21,26H,6-8,15-17H2,1H3. The first-order valence-electron chi connectivity index (χ1n) is 12.8. The van der Waals surface area contributed by atoms with Crippen molar-refractivity contribution in [2.75, 3.05) is 6.61 Å². The number of piperidine rings is 2. The fourth-order valence-corrected chi connectivity index (χ4v) is 6.47. The van der Waals surface area contributed by atoms with E-state index in [2.05, 4.69) is 29.2 Å². The maximum atomic E-state index is 14.4. The largest absolute Gasteiger partial charge is 0.448 e. The number of amides is 1. The number of nitrogens with zero attached hydrogens (tertiary/aromatic N) is 2. The molecular formula is C30H29FN2O3. The van der Waals surface area contributed by atoms with Gasteiger partial charge in [-0.1, -0.05) is 48.5 Å². The third-order valence-corrected chi connectivity index (χ3v) is 8.11. The Labute approximate surface area is 210 Å². The number of aryl methyl sites for hydroxylation is 1. The molecule has 3 aromatic rings. The smallest absolute Gasteiger partial charge is 0.410 e. The molecule has 2 atom stereocenters. The Balaban J connectivity index is 1.17. The summed E-state index contributed by atoms with van der Waals surface area (Å²) in [4.78, 5) is 32.6. The number of pyridine rings is 1. The number of ether oxygens (including phenoxy) is 1. The Morgan fingerprint density at radius 3 is 2.19 bits per heavy atom. The Kier molecular flexibility index (Phi) is 5.82. The lowest BCUT2D eigenvalue weighted by Crippen LogP contribution is -2.56. The molecule has 6 heteroatoms. The van der Waals surface area contributed by atoms with Crippen LogP contribution in [0.25, 0.3) is 11.1 Å². The van der Waals surface area contributed by atoms with Crippen LogP contribution in [0.15, 0.2) is 60.7 Å². The lowest BCUT2D eigenvalue weighted by atomic mass is 9.76. The van der Waals surface area contributed by atoms with E-state index in [1.807, 2.05) is 29.2 Å². The molecule has 2 fully saturated rings. The molecule has 1 aliphatic carbocycles. The van der Waals surface area contributed by atoms with Crippen molar-refractivity contribution >= 4 is 11.9 Å². The molecule has 2 aliphatic heterocycles. The highest BCUT2D eigenvalue weighted by atomic mass is 19.1. The monoisotopic (exact) mass is 484 g/mol. The summed E-state index contributed by atoms with van der Waals surface area (Å²) in [7, 11) is 0. The van der Waals surface area contributed by atoms with Crippen LogP contribution < -0.4 is 0 Å². The maximum absolute atomic E-state index is 14.4. The summed E-state index contributed by atoms with van der Waals surface area (Å²) in [6.07, 6.45) is 3.41. The van der Waals surface area contributed by atoms with E-state index in [1.54, 1.807) is 13.0 Å². The number of aromatic nitrogens is 1. The highest BCUT2D eigenvalue weighted by molar-refractivity contribution is 5.96. The Morgan fingerprint density at radius 1 is 0.944 bits per heavy atom. The van der Waals surface area contributed by atoms with Crippen molar-refractivity contribution in [3.8, 4) is 11.1 Å². The average Bonchev–Trinajstić information content (AvgIpc) is 3.21. The molecule has 5 nitrogen and oxygen atoms in total.